The smallest absolute Gasteiger partial charge is 0.270 e. The number of rotatable bonds is 2. The van der Waals surface area contributed by atoms with Gasteiger partial charge in [-0.1, -0.05) is 67.8 Å². The maximum Gasteiger partial charge on any atom is 0.270 e. The number of hydrogen-bond donors (Lipinski definition) is 0. The van der Waals surface area contributed by atoms with Gasteiger partial charge in [0.25, 0.3) is 5.70 Å². The van der Waals surface area contributed by atoms with Gasteiger partial charge in [-0.3, -0.25) is 9.59 Å². The molecule has 4 aliphatic rings. The van der Waals surface area contributed by atoms with Crippen LogP contribution < -0.4 is 0 Å². The zero-order valence-electron chi connectivity index (χ0n) is 26.8. The Bertz CT molecular complexity index is 2730. The van der Waals surface area contributed by atoms with E-state index in [1.807, 2.05) is 42.5 Å². The number of thiophene rings is 3. The lowest BCUT2D eigenvalue weighted by molar-refractivity contribution is 0.103. The number of nitrogens with zero attached hydrogens (tertiary/aromatic N) is 4. The molecule has 3 heterocycles. The van der Waals surface area contributed by atoms with Crippen LogP contribution in [0.2, 0.25) is 0 Å². The molecule has 0 saturated heterocycles. The summed E-state index contributed by atoms with van der Waals surface area (Å²) >= 11 is 5.06. The van der Waals surface area contributed by atoms with E-state index in [0.717, 1.165) is 40.1 Å². The van der Waals surface area contributed by atoms with E-state index >= 15 is 0 Å². The van der Waals surface area contributed by atoms with Crippen molar-refractivity contribution in [3.05, 3.63) is 138 Å². The lowest BCUT2D eigenvalue weighted by Crippen LogP contribution is -2.27. The zero-order chi connectivity index (χ0) is 35.0. The highest BCUT2D eigenvalue weighted by atomic mass is 32.1. The molecule has 9 heteroatoms. The normalized spacial score (nSPS) is 19.0. The van der Waals surface area contributed by atoms with Gasteiger partial charge in [0.05, 0.1) is 22.2 Å². The number of fused-ring (bicyclic) bond motifs is 9. The van der Waals surface area contributed by atoms with E-state index in [4.69, 9.17) is 6.57 Å². The van der Waals surface area contributed by atoms with Gasteiger partial charge in [-0.25, -0.2) is 10.1 Å². The Labute approximate surface area is 305 Å². The number of carbonyl (C=O) groups excluding carboxylic acids is 2. The van der Waals surface area contributed by atoms with E-state index in [1.54, 1.807) is 70.4 Å². The van der Waals surface area contributed by atoms with Gasteiger partial charge >= 0.3 is 0 Å². The van der Waals surface area contributed by atoms with Crippen molar-refractivity contribution in [2.24, 2.45) is 0 Å². The number of hydrogen-bond acceptors (Lipinski definition) is 8. The summed E-state index contributed by atoms with van der Waals surface area (Å²) in [6.45, 7) is 7.63. The molecule has 0 aliphatic heterocycles. The molecule has 4 aliphatic carbocycles. The van der Waals surface area contributed by atoms with Crippen LogP contribution in [0.1, 0.15) is 84.8 Å². The first kappa shape index (κ1) is 31.1. The summed E-state index contributed by atoms with van der Waals surface area (Å²) in [4.78, 5) is 35.0. The molecule has 6 nitrogen and oxygen atoms in total. The van der Waals surface area contributed by atoms with Crippen LogP contribution in [0.4, 0.5) is 0 Å². The fraction of sp³-hybridized carbons (Fsp3) is 0.143. The molecule has 1 spiro atoms. The summed E-state index contributed by atoms with van der Waals surface area (Å²) in [6, 6.07) is 24.7. The fourth-order valence-corrected chi connectivity index (χ4v) is 12.5. The number of Topliss-reactive ketones (excluding diaryl/α,β-unsaturated/α-hetero) is 2. The number of carbonyl (C=O) groups is 2. The Morgan fingerprint density at radius 3 is 1.92 bits per heavy atom. The molecule has 51 heavy (non-hydrogen) atoms. The van der Waals surface area contributed by atoms with E-state index in [-0.39, 0.29) is 28.3 Å². The molecule has 240 valence electrons. The van der Waals surface area contributed by atoms with Crippen molar-refractivity contribution in [2.45, 2.75) is 37.5 Å². The van der Waals surface area contributed by atoms with Crippen LogP contribution in [-0.4, -0.2) is 11.6 Å². The first-order chi connectivity index (χ1) is 24.9. The second kappa shape index (κ2) is 11.6. The quantitative estimate of drug-likeness (QED) is 0.103. The molecule has 9 rings (SSSR count). The van der Waals surface area contributed by atoms with Crippen LogP contribution in [0.25, 0.3) is 47.3 Å². The van der Waals surface area contributed by atoms with Crippen molar-refractivity contribution in [1.82, 2.24) is 0 Å². The molecule has 0 atom stereocenters. The average molecular weight is 711 g/mol. The minimum absolute atomic E-state index is 0.0670. The summed E-state index contributed by atoms with van der Waals surface area (Å²) < 4.78 is 2.35. The minimum Gasteiger partial charge on any atom is -0.289 e. The van der Waals surface area contributed by atoms with Crippen LogP contribution >= 0.6 is 34.0 Å². The van der Waals surface area contributed by atoms with Gasteiger partial charge in [-0.05, 0) is 53.8 Å². The van der Waals surface area contributed by atoms with Gasteiger partial charge < -0.3 is 0 Å². The van der Waals surface area contributed by atoms with E-state index in [9.17, 15) is 25.4 Å². The molecule has 5 aromatic rings. The van der Waals surface area contributed by atoms with Crippen molar-refractivity contribution in [3.8, 4) is 28.0 Å². The van der Waals surface area contributed by atoms with Gasteiger partial charge in [0.1, 0.15) is 17.7 Å². The van der Waals surface area contributed by atoms with Crippen LogP contribution in [0.3, 0.4) is 0 Å². The first-order valence-corrected chi connectivity index (χ1v) is 18.9. The van der Waals surface area contributed by atoms with E-state index < -0.39 is 0 Å². The maximum atomic E-state index is 13.7. The first-order valence-electron chi connectivity index (χ1n) is 16.4. The lowest BCUT2D eigenvalue weighted by atomic mass is 9.68. The highest BCUT2D eigenvalue weighted by molar-refractivity contribution is 7.32. The average Bonchev–Trinajstić information content (AvgIpc) is 3.98. The zero-order valence-corrected chi connectivity index (χ0v) is 29.2. The van der Waals surface area contributed by atoms with Crippen LogP contribution in [0.5, 0.6) is 0 Å². The summed E-state index contributed by atoms with van der Waals surface area (Å²) in [7, 11) is 0. The number of ketones is 2. The molecular formula is C42H22N4O2S3. The second-order valence-electron chi connectivity index (χ2n) is 13.0. The van der Waals surface area contributed by atoms with Crippen molar-refractivity contribution in [2.75, 3.05) is 0 Å². The third-order valence-corrected chi connectivity index (χ3v) is 14.1. The SMILES string of the molecule is [C-]#[N+]/C(C#N)=C1\C(=C\c2cc3sc4c(c3s2)C2(CCCCC2)c2cc(/C=C3\C(=O)c5ccccc5C3=C(C#N)C#N)sc2-4)C(=O)c2ccccc21. The minimum atomic E-state index is -0.177. The largest absolute Gasteiger partial charge is 0.289 e. The molecular weight excluding hydrogens is 689 g/mol. The third-order valence-electron chi connectivity index (χ3n) is 10.5. The molecule has 0 unspecified atom stereocenters. The lowest BCUT2D eigenvalue weighted by Gasteiger charge is -2.35. The molecule has 0 N–H and O–H groups in total. The van der Waals surface area contributed by atoms with Crippen molar-refractivity contribution in [3.63, 3.8) is 0 Å². The summed E-state index contributed by atoms with van der Waals surface area (Å²) in [6.07, 6.45) is 9.13. The van der Waals surface area contributed by atoms with Crippen molar-refractivity contribution in [1.29, 1.82) is 15.8 Å². The van der Waals surface area contributed by atoms with E-state index in [1.165, 1.54) is 32.0 Å². The molecule has 1 fully saturated rings. The summed E-state index contributed by atoms with van der Waals surface area (Å²) in [5.74, 6) is -0.353. The number of benzene rings is 2. The second-order valence-corrected chi connectivity index (χ2v) is 16.2. The highest BCUT2D eigenvalue weighted by Gasteiger charge is 2.48. The third kappa shape index (κ3) is 4.34. The predicted octanol–water partition coefficient (Wildman–Crippen LogP) is 10.8. The van der Waals surface area contributed by atoms with Gasteiger partial charge in [-0.15, -0.1) is 34.0 Å². The Morgan fingerprint density at radius 2 is 1.31 bits per heavy atom. The predicted molar refractivity (Wildman–Crippen MR) is 202 cm³/mol. The Morgan fingerprint density at radius 1 is 0.725 bits per heavy atom. The number of nitriles is 3. The van der Waals surface area contributed by atoms with Gasteiger partial charge in [0.2, 0.25) is 0 Å². The maximum absolute atomic E-state index is 13.7. The Kier molecular flexibility index (Phi) is 7.04. The van der Waals surface area contributed by atoms with Crippen molar-refractivity contribution >= 4 is 78.3 Å². The van der Waals surface area contributed by atoms with E-state index in [2.05, 4.69) is 17.0 Å². The summed E-state index contributed by atoms with van der Waals surface area (Å²) in [5.41, 5.74) is 6.14. The van der Waals surface area contributed by atoms with Crippen LogP contribution in [0.15, 0.2) is 83.1 Å². The van der Waals surface area contributed by atoms with Gasteiger partial charge in [-0.2, -0.15) is 10.5 Å². The van der Waals surface area contributed by atoms with Crippen LogP contribution in [0, 0.1) is 40.6 Å². The standard InChI is InChI=1S/C42H22N4O2S3/c1-46-32(21-45)35-26-10-4-6-12-28(26)38(48)30(35)16-24-18-33-40(50-24)36-41(51-33)39-31(42(36)13-7-2-8-14-42)17-23(49-39)15-29-34(22(19-43)20-44)25-9-3-5-11-27(25)37(29)47/h3-6,9-12,15-18H,2,7-8,13-14H2/b29-15-,30-16-,35-32-. The Balaban J connectivity index is 1.18. The molecule has 0 radical (unpaired) electrons. The highest BCUT2D eigenvalue weighted by Crippen LogP contribution is 2.64. The molecule has 1 saturated carbocycles. The monoisotopic (exact) mass is 710 g/mol. The number of allylic oxidation sites excluding steroid dienone is 6. The van der Waals surface area contributed by atoms with Crippen molar-refractivity contribution < 1.29 is 9.59 Å². The molecule has 0 bridgehead atoms. The molecule has 3 aromatic heterocycles. The molecule has 2 aromatic carbocycles. The summed E-state index contributed by atoms with van der Waals surface area (Å²) in [5, 5.41) is 29.4. The fourth-order valence-electron chi connectivity index (χ4n) is 8.35. The van der Waals surface area contributed by atoms with E-state index in [0.29, 0.717) is 44.5 Å². The topological polar surface area (TPSA) is 110 Å². The van der Waals surface area contributed by atoms with Crippen LogP contribution in [-0.2, 0) is 5.41 Å². The van der Waals surface area contributed by atoms with Gasteiger partial charge in [0, 0.05) is 63.7 Å². The van der Waals surface area contributed by atoms with Gasteiger partial charge in [0.15, 0.2) is 11.6 Å². The Hall–Kier alpha value is -5.94. The molecule has 0 amide bonds.